The summed E-state index contributed by atoms with van der Waals surface area (Å²) >= 11 is 0. The van der Waals surface area contributed by atoms with Crippen LogP contribution >= 0.6 is 0 Å². The van der Waals surface area contributed by atoms with Crippen LogP contribution in [0.1, 0.15) is 39.5 Å². The van der Waals surface area contributed by atoms with Gasteiger partial charge in [0.25, 0.3) is 0 Å². The molecular formula is C30H30O2. The molecule has 0 radical (unpaired) electrons. The maximum Gasteiger partial charge on any atom is 0.134 e. The van der Waals surface area contributed by atoms with E-state index in [1.807, 2.05) is 0 Å². The summed E-state index contributed by atoms with van der Waals surface area (Å²) in [6.45, 7) is 5.90. The molecule has 5 rings (SSSR count). The van der Waals surface area contributed by atoms with E-state index in [0.29, 0.717) is 0 Å². The van der Waals surface area contributed by atoms with E-state index < -0.39 is 0 Å². The Balaban J connectivity index is 1.66. The highest BCUT2D eigenvalue weighted by Gasteiger charge is 2.11. The van der Waals surface area contributed by atoms with Crippen molar-refractivity contribution >= 4 is 43.1 Å². The molecule has 0 amide bonds. The molecule has 5 aromatic rings. The minimum absolute atomic E-state index is 0.746. The van der Waals surface area contributed by atoms with E-state index in [9.17, 15) is 0 Å². The molecule has 162 valence electrons. The lowest BCUT2D eigenvalue weighted by Crippen LogP contribution is -1.98. The second-order valence-electron chi connectivity index (χ2n) is 8.61. The van der Waals surface area contributed by atoms with Crippen molar-refractivity contribution in [2.24, 2.45) is 0 Å². The van der Waals surface area contributed by atoms with E-state index in [-0.39, 0.29) is 0 Å². The first kappa shape index (κ1) is 20.6. The monoisotopic (exact) mass is 422 g/mol. The topological polar surface area (TPSA) is 18.5 Å². The summed E-state index contributed by atoms with van der Waals surface area (Å²) in [6.07, 6.45) is 4.41. The van der Waals surface area contributed by atoms with E-state index in [4.69, 9.17) is 9.47 Å². The molecule has 0 unspecified atom stereocenters. The highest BCUT2D eigenvalue weighted by Crippen LogP contribution is 2.38. The molecule has 0 fully saturated rings. The Labute approximate surface area is 189 Å². The first-order valence-electron chi connectivity index (χ1n) is 11.9. The van der Waals surface area contributed by atoms with E-state index in [1.165, 1.54) is 43.1 Å². The Kier molecular flexibility index (Phi) is 5.85. The van der Waals surface area contributed by atoms with E-state index in [0.717, 1.165) is 50.4 Å². The van der Waals surface area contributed by atoms with Crippen molar-refractivity contribution in [3.63, 3.8) is 0 Å². The largest absolute Gasteiger partial charge is 0.494 e. The standard InChI is InChI=1S/C30H30O2/c1-3-5-13-31-27-12-11-21-15-25-20-29-26(18-23(25)17-24(21)19-27)16-22-9-7-8-10-28(22)30(29)32-14-6-4-2/h7-12,15-20H,3-6,13-14H2,1-2H3. The molecule has 0 saturated carbocycles. The Morgan fingerprint density at radius 1 is 0.531 bits per heavy atom. The third-order valence-electron chi connectivity index (χ3n) is 6.21. The molecule has 32 heavy (non-hydrogen) atoms. The highest BCUT2D eigenvalue weighted by molar-refractivity contribution is 6.11. The van der Waals surface area contributed by atoms with Gasteiger partial charge in [-0.25, -0.2) is 0 Å². The fraction of sp³-hybridized carbons (Fsp3) is 0.267. The van der Waals surface area contributed by atoms with Gasteiger partial charge in [-0.1, -0.05) is 57.0 Å². The quantitative estimate of drug-likeness (QED) is 0.184. The molecule has 0 aromatic heterocycles. The summed E-state index contributed by atoms with van der Waals surface area (Å²) in [6, 6.07) is 26.4. The van der Waals surface area contributed by atoms with E-state index in [1.54, 1.807) is 0 Å². The van der Waals surface area contributed by atoms with Gasteiger partial charge in [-0.2, -0.15) is 0 Å². The van der Waals surface area contributed by atoms with Crippen LogP contribution < -0.4 is 9.47 Å². The van der Waals surface area contributed by atoms with Crippen LogP contribution in [0.2, 0.25) is 0 Å². The second-order valence-corrected chi connectivity index (χ2v) is 8.61. The normalized spacial score (nSPS) is 11.6. The van der Waals surface area contributed by atoms with Crippen LogP contribution in [0.3, 0.4) is 0 Å². The molecule has 0 bridgehead atoms. The smallest absolute Gasteiger partial charge is 0.134 e. The first-order valence-corrected chi connectivity index (χ1v) is 11.9. The molecule has 0 atom stereocenters. The maximum atomic E-state index is 6.36. The first-order chi connectivity index (χ1) is 15.8. The fourth-order valence-electron chi connectivity index (χ4n) is 4.40. The van der Waals surface area contributed by atoms with Gasteiger partial charge in [-0.05, 0) is 87.6 Å². The van der Waals surface area contributed by atoms with Crippen LogP contribution in [0.4, 0.5) is 0 Å². The Morgan fingerprint density at radius 3 is 2.03 bits per heavy atom. The van der Waals surface area contributed by atoms with E-state index >= 15 is 0 Å². The summed E-state index contributed by atoms with van der Waals surface area (Å²) in [4.78, 5) is 0. The van der Waals surface area contributed by atoms with Gasteiger partial charge in [0.05, 0.1) is 13.2 Å². The minimum Gasteiger partial charge on any atom is -0.494 e. The van der Waals surface area contributed by atoms with Gasteiger partial charge < -0.3 is 9.47 Å². The van der Waals surface area contributed by atoms with Crippen LogP contribution in [-0.4, -0.2) is 13.2 Å². The van der Waals surface area contributed by atoms with Crippen LogP contribution in [0.15, 0.2) is 72.8 Å². The summed E-state index contributed by atoms with van der Waals surface area (Å²) in [5.41, 5.74) is 0. The maximum absolute atomic E-state index is 6.36. The second kappa shape index (κ2) is 9.08. The fourth-order valence-corrected chi connectivity index (χ4v) is 4.40. The molecule has 0 N–H and O–H groups in total. The Bertz CT molecular complexity index is 1400. The summed E-state index contributed by atoms with van der Waals surface area (Å²) in [7, 11) is 0. The van der Waals surface area contributed by atoms with Crippen LogP contribution in [0.5, 0.6) is 11.5 Å². The molecule has 2 heteroatoms. The molecule has 0 aliphatic heterocycles. The zero-order chi connectivity index (χ0) is 21.9. The van der Waals surface area contributed by atoms with Gasteiger partial charge in [0.2, 0.25) is 0 Å². The summed E-state index contributed by atoms with van der Waals surface area (Å²) in [5, 5.41) is 9.73. The number of benzene rings is 5. The van der Waals surface area contributed by atoms with Gasteiger partial charge in [0, 0.05) is 10.8 Å². The lowest BCUT2D eigenvalue weighted by Gasteiger charge is -2.14. The molecule has 2 nitrogen and oxygen atoms in total. The average Bonchev–Trinajstić information content (AvgIpc) is 2.81. The van der Waals surface area contributed by atoms with Crippen molar-refractivity contribution < 1.29 is 9.47 Å². The molecule has 5 aromatic carbocycles. The Hall–Kier alpha value is -3.26. The lowest BCUT2D eigenvalue weighted by molar-refractivity contribution is 0.310. The predicted molar refractivity (Wildman–Crippen MR) is 137 cm³/mol. The van der Waals surface area contributed by atoms with Crippen LogP contribution in [-0.2, 0) is 0 Å². The number of unbranched alkanes of at least 4 members (excludes halogenated alkanes) is 2. The number of hydrogen-bond acceptors (Lipinski definition) is 2. The number of ether oxygens (including phenoxy) is 2. The van der Waals surface area contributed by atoms with Crippen LogP contribution in [0.25, 0.3) is 43.1 Å². The van der Waals surface area contributed by atoms with Crippen molar-refractivity contribution in [3.8, 4) is 11.5 Å². The molecule has 0 spiro atoms. The Morgan fingerprint density at radius 2 is 1.19 bits per heavy atom. The third kappa shape index (κ3) is 3.98. The zero-order valence-corrected chi connectivity index (χ0v) is 19.0. The van der Waals surface area contributed by atoms with Gasteiger partial charge >= 0.3 is 0 Å². The van der Waals surface area contributed by atoms with E-state index in [2.05, 4.69) is 86.6 Å². The molecule has 0 aliphatic carbocycles. The molecule has 0 saturated heterocycles. The molecule has 0 heterocycles. The average molecular weight is 423 g/mol. The number of rotatable bonds is 8. The van der Waals surface area contributed by atoms with Crippen molar-refractivity contribution in [1.29, 1.82) is 0 Å². The SMILES string of the molecule is CCCCOc1ccc2cc3cc4c(OCCCC)c5ccccc5cc4cc3cc2c1. The highest BCUT2D eigenvalue weighted by atomic mass is 16.5. The summed E-state index contributed by atoms with van der Waals surface area (Å²) < 4.78 is 12.3. The predicted octanol–water partition coefficient (Wildman–Crippen LogP) is 8.66. The molecular weight excluding hydrogens is 392 g/mol. The summed E-state index contributed by atoms with van der Waals surface area (Å²) in [5.74, 6) is 1.96. The number of hydrogen-bond donors (Lipinski definition) is 0. The van der Waals surface area contributed by atoms with Crippen molar-refractivity contribution in [3.05, 3.63) is 72.8 Å². The van der Waals surface area contributed by atoms with Crippen molar-refractivity contribution in [2.75, 3.05) is 13.2 Å². The van der Waals surface area contributed by atoms with Gasteiger partial charge in [-0.3, -0.25) is 0 Å². The zero-order valence-electron chi connectivity index (χ0n) is 19.0. The number of fused-ring (bicyclic) bond motifs is 4. The minimum atomic E-state index is 0.746. The van der Waals surface area contributed by atoms with Gasteiger partial charge in [-0.15, -0.1) is 0 Å². The third-order valence-corrected chi connectivity index (χ3v) is 6.21. The van der Waals surface area contributed by atoms with Gasteiger partial charge in [0.1, 0.15) is 11.5 Å². The van der Waals surface area contributed by atoms with Crippen molar-refractivity contribution in [2.45, 2.75) is 39.5 Å². The molecule has 0 aliphatic rings. The lowest BCUT2D eigenvalue weighted by atomic mass is 9.96. The van der Waals surface area contributed by atoms with Crippen LogP contribution in [0, 0.1) is 0 Å². The van der Waals surface area contributed by atoms with Crippen molar-refractivity contribution in [1.82, 2.24) is 0 Å². The van der Waals surface area contributed by atoms with Gasteiger partial charge in [0.15, 0.2) is 0 Å².